The van der Waals surface area contributed by atoms with E-state index in [0.29, 0.717) is 12.6 Å². The van der Waals surface area contributed by atoms with Crippen molar-refractivity contribution >= 4 is 11.6 Å². The summed E-state index contributed by atoms with van der Waals surface area (Å²) >= 11 is 0. The van der Waals surface area contributed by atoms with E-state index in [-0.39, 0.29) is 5.91 Å². The lowest BCUT2D eigenvalue weighted by Gasteiger charge is -2.19. The van der Waals surface area contributed by atoms with Crippen molar-refractivity contribution in [3.05, 3.63) is 59.7 Å². The van der Waals surface area contributed by atoms with E-state index < -0.39 is 0 Å². The Morgan fingerprint density at radius 3 is 2.28 bits per heavy atom. The quantitative estimate of drug-likeness (QED) is 0.776. The van der Waals surface area contributed by atoms with E-state index in [0.717, 1.165) is 24.4 Å². The van der Waals surface area contributed by atoms with Gasteiger partial charge in [-0.2, -0.15) is 0 Å². The highest BCUT2D eigenvalue weighted by molar-refractivity contribution is 5.91. The third kappa shape index (κ3) is 5.07. The molecule has 1 atom stereocenters. The van der Waals surface area contributed by atoms with Gasteiger partial charge in [0.15, 0.2) is 6.54 Å². The molecule has 4 heteroatoms. The van der Waals surface area contributed by atoms with Crippen molar-refractivity contribution in [2.45, 2.75) is 38.8 Å². The number of amides is 1. The van der Waals surface area contributed by atoms with Crippen LogP contribution >= 0.6 is 0 Å². The van der Waals surface area contributed by atoms with Crippen LogP contribution in [0, 0.1) is 0 Å². The molecule has 2 aromatic carbocycles. The number of quaternary nitrogens is 1. The van der Waals surface area contributed by atoms with Crippen molar-refractivity contribution in [2.24, 2.45) is 0 Å². The van der Waals surface area contributed by atoms with Crippen molar-refractivity contribution < 1.29 is 14.4 Å². The third-order valence-electron chi connectivity index (χ3n) is 4.78. The fourth-order valence-corrected chi connectivity index (χ4v) is 3.08. The molecule has 2 N–H and O–H groups in total. The molecule has 1 amide bonds. The molecular formula is C21H27N2O2+. The number of aryl methyl sites for hydroxylation is 1. The van der Waals surface area contributed by atoms with Gasteiger partial charge in [-0.05, 0) is 48.4 Å². The Morgan fingerprint density at radius 1 is 1.08 bits per heavy atom. The molecule has 1 aliphatic rings. The van der Waals surface area contributed by atoms with Crippen LogP contribution in [0.2, 0.25) is 0 Å². The minimum absolute atomic E-state index is 0.0830. The van der Waals surface area contributed by atoms with Crippen molar-refractivity contribution in [3.63, 3.8) is 0 Å². The number of anilines is 1. The van der Waals surface area contributed by atoms with Crippen molar-refractivity contribution in [1.29, 1.82) is 0 Å². The standard InChI is InChI=1S/C21H26N2O2/c1-3-16-4-8-18(9-5-16)22-21(24)15-23(19-10-11-19)14-17-6-12-20(25-2)13-7-17/h4-9,12-13,19H,3,10-11,14-15H2,1-2H3,(H,22,24)/p+1. The maximum absolute atomic E-state index is 12.4. The number of ether oxygens (including phenoxy) is 1. The highest BCUT2D eigenvalue weighted by atomic mass is 16.5. The van der Waals surface area contributed by atoms with E-state index in [9.17, 15) is 4.79 Å². The Balaban J connectivity index is 1.57. The molecule has 0 heterocycles. The largest absolute Gasteiger partial charge is 0.497 e. The predicted molar refractivity (Wildman–Crippen MR) is 100.0 cm³/mol. The van der Waals surface area contributed by atoms with E-state index >= 15 is 0 Å². The van der Waals surface area contributed by atoms with Crippen molar-refractivity contribution in [3.8, 4) is 5.75 Å². The maximum Gasteiger partial charge on any atom is 0.279 e. The van der Waals surface area contributed by atoms with Gasteiger partial charge >= 0.3 is 0 Å². The van der Waals surface area contributed by atoms with Crippen LogP contribution in [0.25, 0.3) is 0 Å². The average Bonchev–Trinajstić information content (AvgIpc) is 3.47. The molecule has 132 valence electrons. The molecule has 0 spiro atoms. The van der Waals surface area contributed by atoms with Gasteiger partial charge in [0.1, 0.15) is 12.3 Å². The lowest BCUT2D eigenvalue weighted by molar-refractivity contribution is -0.916. The smallest absolute Gasteiger partial charge is 0.279 e. The van der Waals surface area contributed by atoms with E-state index in [1.54, 1.807) is 7.11 Å². The molecule has 0 saturated heterocycles. The molecule has 0 aromatic heterocycles. The first-order chi connectivity index (χ1) is 12.2. The van der Waals surface area contributed by atoms with Crippen molar-refractivity contribution in [1.82, 2.24) is 0 Å². The van der Waals surface area contributed by atoms with Crippen LogP contribution in [0.1, 0.15) is 30.9 Å². The molecule has 2 aromatic rings. The Bertz CT molecular complexity index is 691. The minimum Gasteiger partial charge on any atom is -0.497 e. The van der Waals surface area contributed by atoms with Crippen LogP contribution in [-0.2, 0) is 17.8 Å². The summed E-state index contributed by atoms with van der Waals surface area (Å²) in [5, 5.41) is 3.03. The average molecular weight is 339 g/mol. The number of rotatable bonds is 8. The first kappa shape index (κ1) is 17.5. The fourth-order valence-electron chi connectivity index (χ4n) is 3.08. The first-order valence-corrected chi connectivity index (χ1v) is 9.04. The number of methoxy groups -OCH3 is 1. The second-order valence-electron chi connectivity index (χ2n) is 6.73. The normalized spacial score (nSPS) is 14.8. The molecule has 1 fully saturated rings. The fraction of sp³-hybridized carbons (Fsp3) is 0.381. The van der Waals surface area contributed by atoms with Gasteiger partial charge < -0.3 is 15.0 Å². The Morgan fingerprint density at radius 2 is 1.72 bits per heavy atom. The lowest BCUT2D eigenvalue weighted by Crippen LogP contribution is -3.13. The molecule has 1 saturated carbocycles. The monoisotopic (exact) mass is 339 g/mol. The van der Waals surface area contributed by atoms with Gasteiger partial charge in [-0.3, -0.25) is 4.79 Å². The Labute approximate surface area is 149 Å². The lowest BCUT2D eigenvalue weighted by atomic mass is 10.1. The van der Waals surface area contributed by atoms with Crippen LogP contribution in [0.15, 0.2) is 48.5 Å². The summed E-state index contributed by atoms with van der Waals surface area (Å²) in [7, 11) is 1.67. The van der Waals surface area contributed by atoms with Gasteiger partial charge in [0, 0.05) is 24.1 Å². The van der Waals surface area contributed by atoms with E-state index in [4.69, 9.17) is 4.74 Å². The molecule has 0 radical (unpaired) electrons. The maximum atomic E-state index is 12.4. The summed E-state index contributed by atoms with van der Waals surface area (Å²) in [5.74, 6) is 0.949. The predicted octanol–water partition coefficient (Wildman–Crippen LogP) is 2.44. The second kappa shape index (κ2) is 8.17. The molecule has 4 nitrogen and oxygen atoms in total. The molecule has 1 unspecified atom stereocenters. The highest BCUT2D eigenvalue weighted by Gasteiger charge is 2.34. The number of benzene rings is 2. The van der Waals surface area contributed by atoms with Gasteiger partial charge in [0.2, 0.25) is 0 Å². The summed E-state index contributed by atoms with van der Waals surface area (Å²) < 4.78 is 5.21. The summed E-state index contributed by atoms with van der Waals surface area (Å²) in [5.41, 5.74) is 3.40. The summed E-state index contributed by atoms with van der Waals surface area (Å²) in [6.45, 7) is 3.51. The summed E-state index contributed by atoms with van der Waals surface area (Å²) in [6.07, 6.45) is 3.43. The van der Waals surface area contributed by atoms with Crippen molar-refractivity contribution in [2.75, 3.05) is 19.0 Å². The topological polar surface area (TPSA) is 42.8 Å². The van der Waals surface area contributed by atoms with Gasteiger partial charge in [-0.15, -0.1) is 0 Å². The van der Waals surface area contributed by atoms with Gasteiger partial charge in [0.05, 0.1) is 13.2 Å². The van der Waals surface area contributed by atoms with E-state index in [1.165, 1.54) is 28.9 Å². The molecule has 0 aliphatic heterocycles. The van der Waals surface area contributed by atoms with E-state index in [2.05, 4.69) is 36.5 Å². The molecular weight excluding hydrogens is 312 g/mol. The summed E-state index contributed by atoms with van der Waals surface area (Å²) in [6, 6.07) is 16.8. The van der Waals surface area contributed by atoms with Crippen LogP contribution < -0.4 is 15.0 Å². The van der Waals surface area contributed by atoms with E-state index in [1.807, 2.05) is 24.3 Å². The number of nitrogens with one attached hydrogen (secondary N) is 2. The third-order valence-corrected chi connectivity index (χ3v) is 4.78. The zero-order valence-electron chi connectivity index (χ0n) is 15.0. The van der Waals surface area contributed by atoms with Crippen LogP contribution in [0.4, 0.5) is 5.69 Å². The number of carbonyl (C=O) groups is 1. The Hall–Kier alpha value is -2.33. The van der Waals surface area contributed by atoms with Gasteiger partial charge in [-0.25, -0.2) is 0 Å². The van der Waals surface area contributed by atoms with Crippen LogP contribution in [-0.4, -0.2) is 25.6 Å². The van der Waals surface area contributed by atoms with Gasteiger partial charge in [-0.1, -0.05) is 19.1 Å². The summed E-state index contributed by atoms with van der Waals surface area (Å²) in [4.78, 5) is 13.8. The SMILES string of the molecule is CCc1ccc(NC(=O)C[NH+](Cc2ccc(OC)cc2)C2CC2)cc1. The number of carbonyl (C=O) groups excluding carboxylic acids is 1. The molecule has 3 rings (SSSR count). The zero-order chi connectivity index (χ0) is 17.6. The number of hydrogen-bond donors (Lipinski definition) is 2. The van der Waals surface area contributed by atoms with Crippen LogP contribution in [0.5, 0.6) is 5.75 Å². The first-order valence-electron chi connectivity index (χ1n) is 9.04. The minimum atomic E-state index is 0.0830. The molecule has 1 aliphatic carbocycles. The second-order valence-corrected chi connectivity index (χ2v) is 6.73. The van der Waals surface area contributed by atoms with Gasteiger partial charge in [0.25, 0.3) is 5.91 Å². The molecule has 25 heavy (non-hydrogen) atoms. The zero-order valence-corrected chi connectivity index (χ0v) is 15.0. The molecule has 0 bridgehead atoms. The Kier molecular flexibility index (Phi) is 5.71. The van der Waals surface area contributed by atoms with Crippen LogP contribution in [0.3, 0.4) is 0 Å². The highest BCUT2D eigenvalue weighted by Crippen LogP contribution is 2.17. The number of hydrogen-bond acceptors (Lipinski definition) is 2.